The number of ether oxygens (including phenoxy) is 1. The Kier molecular flexibility index (Phi) is 5.86. The normalized spacial score (nSPS) is 12.6. The van der Waals surface area contributed by atoms with Gasteiger partial charge in [-0.2, -0.15) is 0 Å². The number of rotatable bonds is 5. The van der Waals surface area contributed by atoms with Gasteiger partial charge in [0, 0.05) is 23.8 Å². The number of anilines is 2. The van der Waals surface area contributed by atoms with E-state index >= 15 is 0 Å². The molecular formula is C23H23ClN4O2. The first-order valence-electron chi connectivity index (χ1n) is 10.0. The van der Waals surface area contributed by atoms with Crippen molar-refractivity contribution in [3.05, 3.63) is 70.6 Å². The van der Waals surface area contributed by atoms with Crippen molar-refractivity contribution in [2.75, 3.05) is 16.8 Å². The van der Waals surface area contributed by atoms with Crippen molar-refractivity contribution >= 4 is 29.0 Å². The Labute approximate surface area is 180 Å². The fourth-order valence-electron chi connectivity index (χ4n) is 3.50. The molecule has 0 unspecified atom stereocenters. The maximum Gasteiger partial charge on any atom is 0.326 e. The standard InChI is InChI=1S/C23H23ClN4O2/c1-3-5-19-21(6-4-10-25-19)30-22-8-7-17(14-26-22)27-23(29)28-11-9-16-12-15(2)18(24)13-20(16)28/h4,6-8,10,12-14H,3,5,9,11H2,1-2H3,(H,27,29). The minimum atomic E-state index is -0.207. The molecular weight excluding hydrogens is 400 g/mol. The highest BCUT2D eigenvalue weighted by Gasteiger charge is 2.25. The molecule has 1 aliphatic rings. The summed E-state index contributed by atoms with van der Waals surface area (Å²) >= 11 is 6.25. The van der Waals surface area contributed by atoms with Crippen LogP contribution in [0.4, 0.5) is 16.2 Å². The Hall–Kier alpha value is -3.12. The summed E-state index contributed by atoms with van der Waals surface area (Å²) in [6.07, 6.45) is 5.98. The van der Waals surface area contributed by atoms with Gasteiger partial charge in [0.1, 0.15) is 0 Å². The van der Waals surface area contributed by atoms with Crippen LogP contribution in [0, 0.1) is 6.92 Å². The molecule has 2 aromatic heterocycles. The fraction of sp³-hybridized carbons (Fsp3) is 0.261. The highest BCUT2D eigenvalue weighted by molar-refractivity contribution is 6.31. The van der Waals surface area contributed by atoms with Gasteiger partial charge in [0.25, 0.3) is 0 Å². The van der Waals surface area contributed by atoms with Crippen LogP contribution in [-0.2, 0) is 12.8 Å². The maximum absolute atomic E-state index is 12.8. The molecule has 3 heterocycles. The quantitative estimate of drug-likeness (QED) is 0.566. The molecule has 3 aromatic rings. The summed E-state index contributed by atoms with van der Waals surface area (Å²) in [5.41, 5.74) is 4.51. The van der Waals surface area contributed by atoms with Gasteiger partial charge in [-0.05, 0) is 55.2 Å². The summed E-state index contributed by atoms with van der Waals surface area (Å²) < 4.78 is 5.88. The van der Waals surface area contributed by atoms with Crippen molar-refractivity contribution in [3.8, 4) is 11.6 Å². The molecule has 0 spiro atoms. The minimum absolute atomic E-state index is 0.207. The van der Waals surface area contributed by atoms with Gasteiger partial charge in [0.2, 0.25) is 5.88 Å². The van der Waals surface area contributed by atoms with E-state index < -0.39 is 0 Å². The van der Waals surface area contributed by atoms with E-state index in [-0.39, 0.29) is 6.03 Å². The first kappa shape index (κ1) is 20.2. The second kappa shape index (κ2) is 8.71. The van der Waals surface area contributed by atoms with Gasteiger partial charge >= 0.3 is 6.03 Å². The summed E-state index contributed by atoms with van der Waals surface area (Å²) in [5.74, 6) is 1.15. The van der Waals surface area contributed by atoms with Crippen LogP contribution in [0.2, 0.25) is 5.02 Å². The lowest BCUT2D eigenvalue weighted by Gasteiger charge is -2.18. The molecule has 6 nitrogen and oxygen atoms in total. The second-order valence-corrected chi connectivity index (χ2v) is 7.65. The highest BCUT2D eigenvalue weighted by Crippen LogP contribution is 2.33. The summed E-state index contributed by atoms with van der Waals surface area (Å²) in [5, 5.41) is 3.56. The molecule has 1 aliphatic heterocycles. The zero-order valence-electron chi connectivity index (χ0n) is 17.0. The number of hydrogen-bond acceptors (Lipinski definition) is 4. The van der Waals surface area contributed by atoms with Gasteiger partial charge in [0.05, 0.1) is 23.3 Å². The van der Waals surface area contributed by atoms with Crippen molar-refractivity contribution in [1.82, 2.24) is 9.97 Å². The lowest BCUT2D eigenvalue weighted by molar-refractivity contribution is 0.257. The molecule has 154 valence electrons. The number of pyridine rings is 2. The third kappa shape index (κ3) is 4.24. The van der Waals surface area contributed by atoms with E-state index in [0.717, 1.165) is 41.8 Å². The predicted molar refractivity (Wildman–Crippen MR) is 119 cm³/mol. The number of benzene rings is 1. The molecule has 30 heavy (non-hydrogen) atoms. The molecule has 0 fully saturated rings. The zero-order valence-corrected chi connectivity index (χ0v) is 17.7. The van der Waals surface area contributed by atoms with Crippen LogP contribution in [0.25, 0.3) is 0 Å². The van der Waals surface area contributed by atoms with Gasteiger partial charge in [-0.3, -0.25) is 9.88 Å². The molecule has 0 atom stereocenters. The number of fused-ring (bicyclic) bond motifs is 1. The summed E-state index contributed by atoms with van der Waals surface area (Å²) in [4.78, 5) is 23.2. The Balaban J connectivity index is 1.44. The maximum atomic E-state index is 12.8. The van der Waals surface area contributed by atoms with Crippen LogP contribution < -0.4 is 15.0 Å². The van der Waals surface area contributed by atoms with Crippen molar-refractivity contribution < 1.29 is 9.53 Å². The average Bonchev–Trinajstić information content (AvgIpc) is 3.14. The number of nitrogens with one attached hydrogen (secondary N) is 1. The Bertz CT molecular complexity index is 1070. The van der Waals surface area contributed by atoms with Crippen molar-refractivity contribution in [1.29, 1.82) is 0 Å². The van der Waals surface area contributed by atoms with Gasteiger partial charge < -0.3 is 10.1 Å². The summed E-state index contributed by atoms with van der Waals surface area (Å²) in [7, 11) is 0. The number of carbonyl (C=O) groups is 1. The molecule has 1 N–H and O–H groups in total. The van der Waals surface area contributed by atoms with Gasteiger partial charge in [-0.25, -0.2) is 9.78 Å². The number of carbonyl (C=O) groups excluding carboxylic acids is 1. The van der Waals surface area contributed by atoms with E-state index in [1.54, 1.807) is 29.4 Å². The van der Waals surface area contributed by atoms with E-state index in [2.05, 4.69) is 22.2 Å². The number of aromatic nitrogens is 2. The molecule has 0 radical (unpaired) electrons. The third-order valence-corrected chi connectivity index (χ3v) is 5.45. The zero-order chi connectivity index (χ0) is 21.1. The lowest BCUT2D eigenvalue weighted by Crippen LogP contribution is -2.33. The average molecular weight is 423 g/mol. The predicted octanol–water partition coefficient (Wildman–Crippen LogP) is 5.78. The smallest absolute Gasteiger partial charge is 0.326 e. The summed E-state index contributed by atoms with van der Waals surface area (Å²) in [6.45, 7) is 4.69. The molecule has 0 aliphatic carbocycles. The van der Waals surface area contributed by atoms with E-state index in [9.17, 15) is 4.79 Å². The largest absolute Gasteiger partial charge is 0.437 e. The highest BCUT2D eigenvalue weighted by atomic mass is 35.5. The van der Waals surface area contributed by atoms with Crippen molar-refractivity contribution in [2.24, 2.45) is 0 Å². The lowest BCUT2D eigenvalue weighted by atomic mass is 10.1. The molecule has 0 bridgehead atoms. The minimum Gasteiger partial charge on any atom is -0.437 e. The Morgan fingerprint density at radius 1 is 1.27 bits per heavy atom. The van der Waals surface area contributed by atoms with Crippen molar-refractivity contribution in [2.45, 2.75) is 33.1 Å². The molecule has 2 amide bonds. The molecule has 1 aromatic carbocycles. The van der Waals surface area contributed by atoms with Crippen LogP contribution in [0.1, 0.15) is 30.2 Å². The van der Waals surface area contributed by atoms with Crippen LogP contribution in [0.5, 0.6) is 11.6 Å². The first-order chi connectivity index (χ1) is 14.5. The first-order valence-corrected chi connectivity index (χ1v) is 10.4. The Morgan fingerprint density at radius 2 is 2.13 bits per heavy atom. The third-order valence-electron chi connectivity index (χ3n) is 5.04. The van der Waals surface area contributed by atoms with Gasteiger partial charge in [0.15, 0.2) is 5.75 Å². The molecule has 4 rings (SSSR count). The van der Waals surface area contributed by atoms with Gasteiger partial charge in [-0.1, -0.05) is 31.0 Å². The number of halogens is 1. The Morgan fingerprint density at radius 3 is 2.90 bits per heavy atom. The van der Waals surface area contributed by atoms with Crippen LogP contribution in [-0.4, -0.2) is 22.5 Å². The number of nitrogens with zero attached hydrogens (tertiary/aromatic N) is 3. The SMILES string of the molecule is CCCc1ncccc1Oc1ccc(NC(=O)N2CCc3cc(C)c(Cl)cc32)cn1. The monoisotopic (exact) mass is 422 g/mol. The van der Waals surface area contributed by atoms with E-state index in [0.29, 0.717) is 28.9 Å². The fourth-order valence-corrected chi connectivity index (χ4v) is 3.66. The van der Waals surface area contributed by atoms with Crippen LogP contribution in [0.15, 0.2) is 48.8 Å². The van der Waals surface area contributed by atoms with Crippen LogP contribution >= 0.6 is 11.6 Å². The van der Waals surface area contributed by atoms with Crippen molar-refractivity contribution in [3.63, 3.8) is 0 Å². The second-order valence-electron chi connectivity index (χ2n) is 7.25. The van der Waals surface area contributed by atoms with E-state index in [1.165, 1.54) is 0 Å². The summed E-state index contributed by atoms with van der Waals surface area (Å²) in [6, 6.07) is 10.9. The van der Waals surface area contributed by atoms with E-state index in [1.807, 2.05) is 31.2 Å². The number of aryl methyl sites for hydroxylation is 2. The number of urea groups is 1. The van der Waals surface area contributed by atoms with E-state index in [4.69, 9.17) is 16.3 Å². The number of amides is 2. The number of hydrogen-bond donors (Lipinski definition) is 1. The molecule has 0 saturated heterocycles. The van der Waals surface area contributed by atoms with Gasteiger partial charge in [-0.15, -0.1) is 0 Å². The molecule has 0 saturated carbocycles. The topological polar surface area (TPSA) is 67.3 Å². The van der Waals surface area contributed by atoms with Crippen LogP contribution in [0.3, 0.4) is 0 Å². The molecule has 7 heteroatoms.